The monoisotopic (exact) mass is 296 g/mol. The second-order valence-electron chi connectivity index (χ2n) is 4.72. The number of nitrogens with zero attached hydrogens (tertiary/aromatic N) is 4. The lowest BCUT2D eigenvalue weighted by Gasteiger charge is -2.15. The fourth-order valence-electron chi connectivity index (χ4n) is 2.13. The summed E-state index contributed by atoms with van der Waals surface area (Å²) in [5.41, 5.74) is -2.19. The van der Waals surface area contributed by atoms with Crippen LogP contribution in [0, 0.1) is 0 Å². The molecule has 0 aromatic carbocycles. The zero-order valence-electron chi connectivity index (χ0n) is 12.5. The Balaban J connectivity index is 3.48. The average Bonchev–Trinajstić information content (AvgIpc) is 2.46. The van der Waals surface area contributed by atoms with Crippen molar-refractivity contribution < 1.29 is 4.79 Å². The summed E-state index contributed by atoms with van der Waals surface area (Å²) in [6.07, 6.45) is 3.43. The van der Waals surface area contributed by atoms with E-state index >= 15 is 0 Å². The number of hydrogen-bond acceptors (Lipinski definition) is 5. The number of hydrogen-bond donors (Lipinski definition) is 0. The highest BCUT2D eigenvalue weighted by molar-refractivity contribution is 5.33. The van der Waals surface area contributed by atoms with Gasteiger partial charge in [-0.05, 0) is 19.8 Å². The highest BCUT2D eigenvalue weighted by atomic mass is 16.2. The highest BCUT2D eigenvalue weighted by Gasteiger charge is 2.19. The third kappa shape index (κ3) is 3.46. The molecule has 1 unspecified atom stereocenters. The Kier molecular flexibility index (Phi) is 6.05. The van der Waals surface area contributed by atoms with Crippen LogP contribution in [-0.2, 0) is 18.4 Å². The summed E-state index contributed by atoms with van der Waals surface area (Å²) in [4.78, 5) is 50.4. The lowest BCUT2D eigenvalue weighted by Crippen LogP contribution is -2.54. The average molecular weight is 296 g/mol. The maximum atomic E-state index is 12.3. The van der Waals surface area contributed by atoms with Crippen LogP contribution in [-0.4, -0.2) is 19.8 Å². The van der Waals surface area contributed by atoms with Crippen molar-refractivity contribution in [3.8, 4) is 0 Å². The van der Waals surface area contributed by atoms with E-state index in [2.05, 4.69) is 4.99 Å². The Morgan fingerprint density at radius 2 is 1.76 bits per heavy atom. The van der Waals surface area contributed by atoms with E-state index < -0.39 is 23.2 Å². The van der Waals surface area contributed by atoms with Gasteiger partial charge in [0.15, 0.2) is 0 Å². The van der Waals surface area contributed by atoms with E-state index in [0.717, 1.165) is 26.5 Å². The highest BCUT2D eigenvalue weighted by Crippen LogP contribution is 2.13. The standard InChI is InChI=1S/C13H20N4O4/c1-4-6-7-8-10(14-9-18)17-12(20)15(3)11(19)16(5-2)13(17)21/h10H,4-8H2,1-3H3. The summed E-state index contributed by atoms with van der Waals surface area (Å²) in [6.45, 7) is 3.78. The summed E-state index contributed by atoms with van der Waals surface area (Å²) in [5, 5.41) is 0. The second-order valence-corrected chi connectivity index (χ2v) is 4.72. The van der Waals surface area contributed by atoms with Crippen LogP contribution in [0.1, 0.15) is 45.7 Å². The van der Waals surface area contributed by atoms with Crippen molar-refractivity contribution in [1.82, 2.24) is 13.7 Å². The third-order valence-electron chi connectivity index (χ3n) is 3.33. The predicted octanol–water partition coefficient (Wildman–Crippen LogP) is 0.143. The van der Waals surface area contributed by atoms with Gasteiger partial charge in [0.05, 0.1) is 0 Å². The molecule has 0 aliphatic heterocycles. The van der Waals surface area contributed by atoms with Gasteiger partial charge in [-0.25, -0.2) is 32.9 Å². The van der Waals surface area contributed by atoms with E-state index in [1.165, 1.54) is 13.1 Å². The second kappa shape index (κ2) is 7.54. The van der Waals surface area contributed by atoms with Gasteiger partial charge in [0.2, 0.25) is 6.08 Å². The van der Waals surface area contributed by atoms with Crippen LogP contribution in [0.4, 0.5) is 0 Å². The van der Waals surface area contributed by atoms with Crippen LogP contribution < -0.4 is 17.1 Å². The molecule has 0 amide bonds. The lowest BCUT2D eigenvalue weighted by atomic mass is 10.2. The van der Waals surface area contributed by atoms with E-state index in [-0.39, 0.29) is 6.54 Å². The molecule has 1 aromatic heterocycles. The van der Waals surface area contributed by atoms with Gasteiger partial charge < -0.3 is 0 Å². The molecular formula is C13H20N4O4. The number of unbranched alkanes of at least 4 members (excludes halogenated alkanes) is 2. The van der Waals surface area contributed by atoms with Crippen LogP contribution in [0.15, 0.2) is 19.4 Å². The quantitative estimate of drug-likeness (QED) is 0.406. The van der Waals surface area contributed by atoms with Crippen molar-refractivity contribution in [2.75, 3.05) is 0 Å². The molecule has 0 N–H and O–H groups in total. The van der Waals surface area contributed by atoms with Crippen LogP contribution >= 0.6 is 0 Å². The fraction of sp³-hybridized carbons (Fsp3) is 0.692. The van der Waals surface area contributed by atoms with E-state index in [9.17, 15) is 19.2 Å². The van der Waals surface area contributed by atoms with Crippen molar-refractivity contribution in [2.24, 2.45) is 12.0 Å². The molecule has 0 aliphatic carbocycles. The van der Waals surface area contributed by atoms with Gasteiger partial charge in [-0.3, -0.25) is 0 Å². The molecule has 0 saturated heterocycles. The SMILES string of the molecule is CCCCCC(N=C=O)n1c(=O)n(C)c(=O)n(CC)c1=O. The Labute approximate surface area is 121 Å². The van der Waals surface area contributed by atoms with Gasteiger partial charge >= 0.3 is 17.1 Å². The Morgan fingerprint density at radius 1 is 1.10 bits per heavy atom. The first-order valence-corrected chi connectivity index (χ1v) is 6.98. The molecular weight excluding hydrogens is 276 g/mol. The molecule has 8 heteroatoms. The number of aliphatic imine (C=N–C) groups is 1. The van der Waals surface area contributed by atoms with Crippen molar-refractivity contribution in [3.05, 3.63) is 31.5 Å². The lowest BCUT2D eigenvalue weighted by molar-refractivity contribution is 0.383. The smallest absolute Gasteiger partial charge is 0.248 e. The minimum Gasteiger partial charge on any atom is -0.248 e. The summed E-state index contributed by atoms with van der Waals surface area (Å²) < 4.78 is 2.64. The van der Waals surface area contributed by atoms with Crippen molar-refractivity contribution in [2.45, 2.75) is 52.2 Å². The van der Waals surface area contributed by atoms with Crippen LogP contribution in [0.5, 0.6) is 0 Å². The molecule has 0 spiro atoms. The normalized spacial score (nSPS) is 12.0. The molecule has 1 aromatic rings. The Hall–Kier alpha value is -2.21. The molecule has 1 heterocycles. The van der Waals surface area contributed by atoms with E-state index in [1.54, 1.807) is 6.92 Å². The van der Waals surface area contributed by atoms with E-state index in [4.69, 9.17) is 0 Å². The maximum absolute atomic E-state index is 12.3. The van der Waals surface area contributed by atoms with Gasteiger partial charge in [0.1, 0.15) is 6.17 Å². The summed E-state index contributed by atoms with van der Waals surface area (Å²) >= 11 is 0. The first-order valence-electron chi connectivity index (χ1n) is 6.98. The van der Waals surface area contributed by atoms with Gasteiger partial charge in [-0.15, -0.1) is 0 Å². The van der Waals surface area contributed by atoms with Gasteiger partial charge in [-0.1, -0.05) is 19.8 Å². The topological polar surface area (TPSA) is 95.4 Å². The zero-order chi connectivity index (χ0) is 16.0. The first-order chi connectivity index (χ1) is 9.99. The molecule has 0 saturated carbocycles. The molecule has 0 radical (unpaired) electrons. The molecule has 116 valence electrons. The van der Waals surface area contributed by atoms with E-state index in [0.29, 0.717) is 12.8 Å². The number of isocyanates is 1. The molecule has 1 atom stereocenters. The van der Waals surface area contributed by atoms with Crippen molar-refractivity contribution in [3.63, 3.8) is 0 Å². The van der Waals surface area contributed by atoms with Crippen molar-refractivity contribution >= 4 is 6.08 Å². The molecule has 8 nitrogen and oxygen atoms in total. The van der Waals surface area contributed by atoms with E-state index in [1.807, 2.05) is 6.92 Å². The molecule has 0 fully saturated rings. The summed E-state index contributed by atoms with van der Waals surface area (Å²) in [7, 11) is 1.29. The molecule has 0 bridgehead atoms. The third-order valence-corrected chi connectivity index (χ3v) is 3.33. The Morgan fingerprint density at radius 3 is 2.29 bits per heavy atom. The van der Waals surface area contributed by atoms with Gasteiger partial charge in [0.25, 0.3) is 0 Å². The van der Waals surface area contributed by atoms with Gasteiger partial charge in [0, 0.05) is 13.6 Å². The van der Waals surface area contributed by atoms with Gasteiger partial charge in [-0.2, -0.15) is 4.99 Å². The largest absolute Gasteiger partial charge is 0.338 e. The summed E-state index contributed by atoms with van der Waals surface area (Å²) in [6, 6.07) is 0. The van der Waals surface area contributed by atoms with Crippen molar-refractivity contribution in [1.29, 1.82) is 0 Å². The molecule has 21 heavy (non-hydrogen) atoms. The Bertz CT molecular complexity index is 706. The van der Waals surface area contributed by atoms with Crippen LogP contribution in [0.2, 0.25) is 0 Å². The molecule has 0 aliphatic rings. The maximum Gasteiger partial charge on any atom is 0.338 e. The fourth-order valence-corrected chi connectivity index (χ4v) is 2.13. The van der Waals surface area contributed by atoms with Crippen LogP contribution in [0.3, 0.4) is 0 Å². The predicted molar refractivity (Wildman–Crippen MR) is 77.2 cm³/mol. The molecule has 1 rings (SSSR count). The van der Waals surface area contributed by atoms with Crippen LogP contribution in [0.25, 0.3) is 0 Å². The number of carbonyl (C=O) groups excluding carboxylic acids is 1. The number of aromatic nitrogens is 3. The minimum atomic E-state index is -0.918. The number of rotatable bonds is 7. The first kappa shape index (κ1) is 16.8. The summed E-state index contributed by atoms with van der Waals surface area (Å²) in [5.74, 6) is 0. The zero-order valence-corrected chi connectivity index (χ0v) is 12.5. The minimum absolute atomic E-state index is 0.137.